The Bertz CT molecular complexity index is 413. The minimum atomic E-state index is -0.0882. The highest BCUT2D eigenvalue weighted by atomic mass is 14.4. The highest BCUT2D eigenvalue weighted by Crippen LogP contribution is 2.39. The Morgan fingerprint density at radius 3 is 2.24 bits per heavy atom. The second kappa shape index (κ2) is 4.92. The molecule has 0 aromatic heterocycles. The van der Waals surface area contributed by atoms with E-state index in [-0.39, 0.29) is 5.41 Å². The standard InChI is InChI=1S/C16H21N/c1-13-7-6-8-14(2)15(13)11-16(12-17)9-4-3-5-10-16/h6-8H,3-5,9-11H2,1-2H3. The Morgan fingerprint density at radius 1 is 1.12 bits per heavy atom. The Labute approximate surface area is 104 Å². The number of rotatable bonds is 2. The van der Waals surface area contributed by atoms with Gasteiger partial charge in [-0.25, -0.2) is 0 Å². The van der Waals surface area contributed by atoms with Crippen LogP contribution in [0, 0.1) is 30.6 Å². The lowest BCUT2D eigenvalue weighted by molar-refractivity contribution is 0.265. The van der Waals surface area contributed by atoms with Crippen molar-refractivity contribution in [1.82, 2.24) is 0 Å². The van der Waals surface area contributed by atoms with Crippen molar-refractivity contribution in [3.05, 3.63) is 34.9 Å². The molecule has 1 fully saturated rings. The molecule has 1 aromatic rings. The van der Waals surface area contributed by atoms with E-state index in [0.717, 1.165) is 19.3 Å². The molecule has 0 atom stereocenters. The van der Waals surface area contributed by atoms with Gasteiger partial charge < -0.3 is 0 Å². The van der Waals surface area contributed by atoms with E-state index in [2.05, 4.69) is 38.1 Å². The average molecular weight is 227 g/mol. The first-order valence-electron chi connectivity index (χ1n) is 6.63. The van der Waals surface area contributed by atoms with Crippen LogP contribution in [0.15, 0.2) is 18.2 Å². The first kappa shape index (κ1) is 12.2. The molecule has 0 saturated heterocycles. The average Bonchev–Trinajstić information content (AvgIpc) is 2.35. The van der Waals surface area contributed by atoms with Gasteiger partial charge in [-0.15, -0.1) is 0 Å². The second-order valence-corrected chi connectivity index (χ2v) is 5.50. The van der Waals surface area contributed by atoms with E-state index in [1.165, 1.54) is 36.0 Å². The van der Waals surface area contributed by atoms with Crippen molar-refractivity contribution in [2.24, 2.45) is 5.41 Å². The summed E-state index contributed by atoms with van der Waals surface area (Å²) in [5.41, 5.74) is 3.99. The predicted molar refractivity (Wildman–Crippen MR) is 70.8 cm³/mol. The highest BCUT2D eigenvalue weighted by Gasteiger charge is 2.32. The number of nitrogens with zero attached hydrogens (tertiary/aromatic N) is 1. The molecule has 17 heavy (non-hydrogen) atoms. The van der Waals surface area contributed by atoms with E-state index >= 15 is 0 Å². The van der Waals surface area contributed by atoms with E-state index in [1.54, 1.807) is 0 Å². The molecule has 1 heteroatoms. The van der Waals surface area contributed by atoms with Gasteiger partial charge in [0.05, 0.1) is 11.5 Å². The number of benzene rings is 1. The lowest BCUT2D eigenvalue weighted by Crippen LogP contribution is -2.25. The van der Waals surface area contributed by atoms with E-state index in [9.17, 15) is 5.26 Å². The van der Waals surface area contributed by atoms with Crippen molar-refractivity contribution in [3.8, 4) is 6.07 Å². The van der Waals surface area contributed by atoms with Gasteiger partial charge in [-0.05, 0) is 49.8 Å². The SMILES string of the molecule is Cc1cccc(C)c1CC1(C#N)CCCCC1. The fraction of sp³-hybridized carbons (Fsp3) is 0.562. The molecule has 1 saturated carbocycles. The van der Waals surface area contributed by atoms with Crippen molar-refractivity contribution < 1.29 is 0 Å². The number of aryl methyl sites for hydroxylation is 2. The van der Waals surface area contributed by atoms with Gasteiger partial charge in [-0.1, -0.05) is 37.5 Å². The van der Waals surface area contributed by atoms with Gasteiger partial charge in [0.2, 0.25) is 0 Å². The summed E-state index contributed by atoms with van der Waals surface area (Å²) in [5, 5.41) is 9.53. The maximum absolute atomic E-state index is 9.53. The van der Waals surface area contributed by atoms with Crippen LogP contribution < -0.4 is 0 Å². The van der Waals surface area contributed by atoms with E-state index in [1.807, 2.05) is 0 Å². The van der Waals surface area contributed by atoms with Gasteiger partial charge in [0, 0.05) is 0 Å². The molecule has 0 amide bonds. The molecule has 90 valence electrons. The molecular formula is C16H21N. The van der Waals surface area contributed by atoms with Crippen molar-refractivity contribution in [3.63, 3.8) is 0 Å². The summed E-state index contributed by atoms with van der Waals surface area (Å²) >= 11 is 0. The van der Waals surface area contributed by atoms with Gasteiger partial charge >= 0.3 is 0 Å². The largest absolute Gasteiger partial charge is 0.198 e. The Balaban J connectivity index is 2.27. The minimum Gasteiger partial charge on any atom is -0.198 e. The predicted octanol–water partition coefficient (Wildman–Crippen LogP) is 4.32. The fourth-order valence-corrected chi connectivity index (χ4v) is 3.02. The molecule has 2 rings (SSSR count). The van der Waals surface area contributed by atoms with E-state index in [4.69, 9.17) is 0 Å². The van der Waals surface area contributed by atoms with Crippen LogP contribution in [0.25, 0.3) is 0 Å². The third kappa shape index (κ3) is 2.52. The zero-order chi connectivity index (χ0) is 12.3. The smallest absolute Gasteiger partial charge is 0.0693 e. The van der Waals surface area contributed by atoms with Gasteiger partial charge in [-0.3, -0.25) is 0 Å². The third-order valence-electron chi connectivity index (χ3n) is 4.21. The quantitative estimate of drug-likeness (QED) is 0.738. The molecule has 0 heterocycles. The molecule has 0 unspecified atom stereocenters. The first-order chi connectivity index (χ1) is 8.17. The molecule has 0 aliphatic heterocycles. The van der Waals surface area contributed by atoms with Crippen LogP contribution in [0.2, 0.25) is 0 Å². The summed E-state index contributed by atoms with van der Waals surface area (Å²) in [7, 11) is 0. The fourth-order valence-electron chi connectivity index (χ4n) is 3.02. The maximum atomic E-state index is 9.53. The molecule has 1 aromatic carbocycles. The van der Waals surface area contributed by atoms with Gasteiger partial charge in [0.25, 0.3) is 0 Å². The first-order valence-corrected chi connectivity index (χ1v) is 6.63. The van der Waals surface area contributed by atoms with E-state index < -0.39 is 0 Å². The van der Waals surface area contributed by atoms with E-state index in [0.29, 0.717) is 0 Å². The summed E-state index contributed by atoms with van der Waals surface area (Å²) in [6.07, 6.45) is 6.85. The Hall–Kier alpha value is -1.29. The second-order valence-electron chi connectivity index (χ2n) is 5.50. The van der Waals surface area contributed by atoms with Crippen molar-refractivity contribution >= 4 is 0 Å². The summed E-state index contributed by atoms with van der Waals surface area (Å²) in [5.74, 6) is 0. The van der Waals surface area contributed by atoms with Gasteiger partial charge in [0.15, 0.2) is 0 Å². The molecule has 1 nitrogen and oxygen atoms in total. The molecule has 0 radical (unpaired) electrons. The van der Waals surface area contributed by atoms with Gasteiger partial charge in [0.1, 0.15) is 0 Å². The van der Waals surface area contributed by atoms with Crippen LogP contribution in [-0.2, 0) is 6.42 Å². The van der Waals surface area contributed by atoms with Crippen LogP contribution in [0.1, 0.15) is 48.8 Å². The molecule has 0 spiro atoms. The Kier molecular flexibility index (Phi) is 3.52. The number of hydrogen-bond donors (Lipinski definition) is 0. The van der Waals surface area contributed by atoms with Crippen molar-refractivity contribution in [1.29, 1.82) is 5.26 Å². The summed E-state index contributed by atoms with van der Waals surface area (Å²) in [6.45, 7) is 4.33. The minimum absolute atomic E-state index is 0.0882. The molecule has 0 N–H and O–H groups in total. The normalized spacial score (nSPS) is 18.6. The molecule has 0 bridgehead atoms. The van der Waals surface area contributed by atoms with Crippen LogP contribution >= 0.6 is 0 Å². The van der Waals surface area contributed by atoms with Crippen LogP contribution in [0.5, 0.6) is 0 Å². The van der Waals surface area contributed by atoms with Gasteiger partial charge in [-0.2, -0.15) is 5.26 Å². The maximum Gasteiger partial charge on any atom is 0.0693 e. The summed E-state index contributed by atoms with van der Waals surface area (Å²) in [4.78, 5) is 0. The topological polar surface area (TPSA) is 23.8 Å². The summed E-state index contributed by atoms with van der Waals surface area (Å²) < 4.78 is 0. The van der Waals surface area contributed by atoms with Crippen LogP contribution in [0.4, 0.5) is 0 Å². The lowest BCUT2D eigenvalue weighted by Gasteiger charge is -2.31. The number of hydrogen-bond acceptors (Lipinski definition) is 1. The number of nitriles is 1. The lowest BCUT2D eigenvalue weighted by atomic mass is 9.70. The summed E-state index contributed by atoms with van der Waals surface area (Å²) in [6, 6.07) is 9.05. The Morgan fingerprint density at radius 2 is 1.71 bits per heavy atom. The van der Waals surface area contributed by atoms with Crippen LogP contribution in [0.3, 0.4) is 0 Å². The zero-order valence-corrected chi connectivity index (χ0v) is 10.9. The monoisotopic (exact) mass is 227 g/mol. The zero-order valence-electron chi connectivity index (χ0n) is 10.9. The molecular weight excluding hydrogens is 206 g/mol. The molecule has 1 aliphatic carbocycles. The molecule has 1 aliphatic rings. The van der Waals surface area contributed by atoms with Crippen molar-refractivity contribution in [2.75, 3.05) is 0 Å². The highest BCUT2D eigenvalue weighted by molar-refractivity contribution is 5.35. The van der Waals surface area contributed by atoms with Crippen molar-refractivity contribution in [2.45, 2.75) is 52.4 Å². The third-order valence-corrected chi connectivity index (χ3v) is 4.21. The van der Waals surface area contributed by atoms with Crippen LogP contribution in [-0.4, -0.2) is 0 Å².